The Morgan fingerprint density at radius 3 is 2.12 bits per heavy atom. The summed E-state index contributed by atoms with van der Waals surface area (Å²) in [7, 11) is -3.45. The lowest BCUT2D eigenvalue weighted by Gasteiger charge is -2.31. The standard InChI is InChI=1S/C18H27NO5S/c1-25(22,23)24-10-14-5-3-2-4-13(14)9-19-17(20)15-11-6-7-12(8-11)16(15)18(19)21/h11-14,20-21H,2-10H2,1H3/t11-,12+,13-,14-/m0/s1. The Labute approximate surface area is 148 Å². The summed E-state index contributed by atoms with van der Waals surface area (Å²) in [5.41, 5.74) is 1.93. The molecule has 0 aliphatic heterocycles. The van der Waals surface area contributed by atoms with E-state index >= 15 is 0 Å². The van der Waals surface area contributed by atoms with Crippen molar-refractivity contribution in [1.82, 2.24) is 4.57 Å². The van der Waals surface area contributed by atoms with Crippen LogP contribution in [0.1, 0.15) is 67.9 Å². The first-order chi connectivity index (χ1) is 11.8. The van der Waals surface area contributed by atoms with Gasteiger partial charge >= 0.3 is 0 Å². The normalized spacial score (nSPS) is 31.4. The Kier molecular flexibility index (Phi) is 4.27. The number of aromatic nitrogens is 1. The monoisotopic (exact) mass is 369 g/mol. The molecule has 6 nitrogen and oxygen atoms in total. The minimum absolute atomic E-state index is 0.135. The van der Waals surface area contributed by atoms with Crippen LogP contribution in [-0.2, 0) is 20.8 Å². The number of hydrogen-bond donors (Lipinski definition) is 2. The average Bonchev–Trinajstić information content (AvgIpc) is 3.23. The molecule has 7 heteroatoms. The van der Waals surface area contributed by atoms with Crippen molar-refractivity contribution < 1.29 is 22.8 Å². The maximum absolute atomic E-state index is 11.3. The van der Waals surface area contributed by atoms with E-state index in [1.165, 1.54) is 0 Å². The molecule has 3 aliphatic rings. The van der Waals surface area contributed by atoms with Crippen molar-refractivity contribution in [1.29, 1.82) is 0 Å². The lowest BCUT2D eigenvalue weighted by atomic mass is 9.79. The van der Waals surface area contributed by atoms with Crippen molar-refractivity contribution in [3.63, 3.8) is 0 Å². The molecule has 2 saturated carbocycles. The summed E-state index contributed by atoms with van der Waals surface area (Å²) in [6.45, 7) is 0.721. The van der Waals surface area contributed by atoms with Gasteiger partial charge in [-0.1, -0.05) is 12.8 Å². The van der Waals surface area contributed by atoms with E-state index in [0.717, 1.165) is 62.3 Å². The van der Waals surface area contributed by atoms with E-state index < -0.39 is 10.1 Å². The van der Waals surface area contributed by atoms with Gasteiger partial charge in [0, 0.05) is 17.7 Å². The second-order valence-corrected chi connectivity index (χ2v) is 9.73. The molecular weight excluding hydrogens is 342 g/mol. The van der Waals surface area contributed by atoms with Gasteiger partial charge in [0.25, 0.3) is 10.1 Å². The third kappa shape index (κ3) is 3.05. The number of aromatic hydroxyl groups is 2. The minimum Gasteiger partial charge on any atom is -0.494 e. The van der Waals surface area contributed by atoms with Crippen molar-refractivity contribution in [3.8, 4) is 11.8 Å². The zero-order valence-electron chi connectivity index (χ0n) is 14.6. The van der Waals surface area contributed by atoms with Crippen molar-refractivity contribution in [2.24, 2.45) is 11.8 Å². The van der Waals surface area contributed by atoms with Gasteiger partial charge in [0.05, 0.1) is 12.9 Å². The molecule has 25 heavy (non-hydrogen) atoms. The van der Waals surface area contributed by atoms with Crippen LogP contribution in [-0.4, -0.2) is 36.1 Å². The molecule has 0 amide bonds. The number of nitrogens with zero attached hydrogens (tertiary/aromatic N) is 1. The molecule has 2 bridgehead atoms. The van der Waals surface area contributed by atoms with E-state index in [9.17, 15) is 18.6 Å². The summed E-state index contributed by atoms with van der Waals surface area (Å²) in [6.07, 6.45) is 8.38. The van der Waals surface area contributed by atoms with Crippen LogP contribution < -0.4 is 0 Å². The van der Waals surface area contributed by atoms with E-state index in [-0.39, 0.29) is 30.2 Å². The Bertz CT molecular complexity index is 735. The molecule has 1 aromatic heterocycles. The Balaban J connectivity index is 1.55. The molecular formula is C18H27NO5S. The summed E-state index contributed by atoms with van der Waals surface area (Å²) in [5, 5.41) is 21.4. The molecule has 0 unspecified atom stereocenters. The third-order valence-electron chi connectivity index (χ3n) is 6.51. The summed E-state index contributed by atoms with van der Waals surface area (Å²) in [6, 6.07) is 0. The molecule has 0 aromatic carbocycles. The average molecular weight is 369 g/mol. The quantitative estimate of drug-likeness (QED) is 0.779. The first kappa shape index (κ1) is 17.2. The van der Waals surface area contributed by atoms with E-state index in [1.54, 1.807) is 4.57 Å². The lowest BCUT2D eigenvalue weighted by Crippen LogP contribution is -2.28. The van der Waals surface area contributed by atoms with E-state index in [2.05, 4.69) is 0 Å². The molecule has 2 N–H and O–H groups in total. The molecule has 1 heterocycles. The van der Waals surface area contributed by atoms with Crippen LogP contribution in [0.25, 0.3) is 0 Å². The van der Waals surface area contributed by atoms with Crippen molar-refractivity contribution in [3.05, 3.63) is 11.1 Å². The van der Waals surface area contributed by atoms with Gasteiger partial charge in [-0.3, -0.25) is 8.75 Å². The molecule has 4 atom stereocenters. The third-order valence-corrected chi connectivity index (χ3v) is 7.08. The summed E-state index contributed by atoms with van der Waals surface area (Å²) in [4.78, 5) is 0. The van der Waals surface area contributed by atoms with Gasteiger partial charge in [0.1, 0.15) is 0 Å². The molecule has 0 spiro atoms. The van der Waals surface area contributed by atoms with Crippen LogP contribution in [0.5, 0.6) is 11.8 Å². The molecule has 0 saturated heterocycles. The van der Waals surface area contributed by atoms with Gasteiger partial charge in [-0.05, 0) is 55.8 Å². The van der Waals surface area contributed by atoms with Crippen LogP contribution in [0, 0.1) is 11.8 Å². The van der Waals surface area contributed by atoms with Gasteiger partial charge in [-0.15, -0.1) is 0 Å². The highest BCUT2D eigenvalue weighted by molar-refractivity contribution is 7.85. The first-order valence-electron chi connectivity index (χ1n) is 9.33. The maximum atomic E-state index is 11.3. The van der Waals surface area contributed by atoms with E-state index in [1.807, 2.05) is 0 Å². The smallest absolute Gasteiger partial charge is 0.264 e. The summed E-state index contributed by atoms with van der Waals surface area (Å²) < 4.78 is 29.3. The minimum atomic E-state index is -3.45. The fourth-order valence-corrected chi connectivity index (χ4v) is 5.73. The summed E-state index contributed by atoms with van der Waals surface area (Å²) in [5.74, 6) is 1.58. The van der Waals surface area contributed by atoms with Gasteiger partial charge in [0.15, 0.2) is 11.8 Å². The van der Waals surface area contributed by atoms with Gasteiger partial charge < -0.3 is 10.2 Å². The zero-order valence-corrected chi connectivity index (χ0v) is 15.5. The fraction of sp³-hybridized carbons (Fsp3) is 0.778. The van der Waals surface area contributed by atoms with Gasteiger partial charge in [-0.25, -0.2) is 0 Å². The molecule has 2 fully saturated rings. The molecule has 3 aliphatic carbocycles. The Morgan fingerprint density at radius 2 is 1.56 bits per heavy atom. The molecule has 4 rings (SSSR count). The van der Waals surface area contributed by atoms with Crippen LogP contribution >= 0.6 is 0 Å². The fourth-order valence-electron chi connectivity index (χ4n) is 5.31. The van der Waals surface area contributed by atoms with Crippen molar-refractivity contribution >= 4 is 10.1 Å². The predicted molar refractivity (Wildman–Crippen MR) is 93.3 cm³/mol. The first-order valence-corrected chi connectivity index (χ1v) is 11.2. The Hall–Kier alpha value is -1.21. The topological polar surface area (TPSA) is 88.8 Å². The molecule has 0 radical (unpaired) electrons. The Morgan fingerprint density at radius 1 is 1.00 bits per heavy atom. The second kappa shape index (κ2) is 6.20. The van der Waals surface area contributed by atoms with E-state index in [0.29, 0.717) is 18.4 Å². The highest BCUT2D eigenvalue weighted by Gasteiger charge is 2.44. The van der Waals surface area contributed by atoms with Gasteiger partial charge in [-0.2, -0.15) is 8.42 Å². The van der Waals surface area contributed by atoms with Crippen LogP contribution in [0.2, 0.25) is 0 Å². The van der Waals surface area contributed by atoms with Gasteiger partial charge in [0.2, 0.25) is 0 Å². The van der Waals surface area contributed by atoms with E-state index in [4.69, 9.17) is 4.18 Å². The highest BCUT2D eigenvalue weighted by Crippen LogP contribution is 2.60. The largest absolute Gasteiger partial charge is 0.494 e. The second-order valence-electron chi connectivity index (χ2n) is 8.09. The SMILES string of the molecule is CS(=O)(=O)OC[C@@H]1CCCC[C@H]1Cn1c(O)c2c(c1O)[C@H]1CC[C@@H]2C1. The van der Waals surface area contributed by atoms with Crippen molar-refractivity contribution in [2.75, 3.05) is 12.9 Å². The highest BCUT2D eigenvalue weighted by atomic mass is 32.2. The number of hydrogen-bond acceptors (Lipinski definition) is 5. The molecule has 1 aromatic rings. The summed E-state index contributed by atoms with van der Waals surface area (Å²) >= 11 is 0. The van der Waals surface area contributed by atoms with Crippen LogP contribution in [0.15, 0.2) is 0 Å². The van der Waals surface area contributed by atoms with Crippen molar-refractivity contribution in [2.45, 2.75) is 63.3 Å². The number of fused-ring (bicyclic) bond motifs is 5. The lowest BCUT2D eigenvalue weighted by molar-refractivity contribution is 0.135. The number of rotatable bonds is 5. The van der Waals surface area contributed by atoms with Crippen LogP contribution in [0.3, 0.4) is 0 Å². The predicted octanol–water partition coefficient (Wildman–Crippen LogP) is 3.05. The van der Waals surface area contributed by atoms with Crippen LogP contribution in [0.4, 0.5) is 0 Å². The zero-order chi connectivity index (χ0) is 17.8. The molecule has 140 valence electrons. The maximum Gasteiger partial charge on any atom is 0.264 e.